The molecule has 0 saturated carbocycles. The van der Waals surface area contributed by atoms with Gasteiger partial charge in [0.25, 0.3) is 0 Å². The van der Waals surface area contributed by atoms with Crippen LogP contribution in [0.4, 0.5) is 0 Å². The van der Waals surface area contributed by atoms with Gasteiger partial charge in [0.05, 0.1) is 30.2 Å². The van der Waals surface area contributed by atoms with Crippen molar-refractivity contribution >= 4 is 69.6 Å². The molecule has 0 fully saturated rings. The maximum Gasteiger partial charge on any atom is 0.101 e. The molecule has 1 nitrogen and oxygen atoms in total. The zero-order valence-corrected chi connectivity index (χ0v) is 17.7. The first-order chi connectivity index (χ1) is 11.7. The highest BCUT2D eigenvalue weighted by Crippen LogP contribution is 2.73. The number of halogens is 6. The van der Waals surface area contributed by atoms with Crippen LogP contribution in [0, 0.1) is 0 Å². The summed E-state index contributed by atoms with van der Waals surface area (Å²) in [5, 5.41) is 2.29. The average molecular weight is 458 g/mol. The van der Waals surface area contributed by atoms with Crippen LogP contribution < -0.4 is 0 Å². The van der Waals surface area contributed by atoms with Crippen molar-refractivity contribution in [3.8, 4) is 0 Å². The molecule has 3 heterocycles. The Labute approximate surface area is 177 Å². The first kappa shape index (κ1) is 19.9. The van der Waals surface area contributed by atoms with Crippen molar-refractivity contribution in [2.24, 2.45) is 0 Å². The van der Waals surface area contributed by atoms with E-state index in [-0.39, 0.29) is 0 Å². The molecule has 0 amide bonds. The molecule has 0 atom stereocenters. The minimum Gasteiger partial charge on any atom is -0.256 e. The summed E-state index contributed by atoms with van der Waals surface area (Å²) in [5.41, 5.74) is -2.87. The van der Waals surface area contributed by atoms with Gasteiger partial charge in [-0.05, 0) is 19.3 Å². The molecule has 25 heavy (non-hydrogen) atoms. The molecular weight excluding hydrogens is 443 g/mol. The lowest BCUT2D eigenvalue weighted by molar-refractivity contribution is 0.0683. The predicted octanol–water partition coefficient (Wildman–Crippen LogP) is 7.34. The molecule has 0 bridgehead atoms. The summed E-state index contributed by atoms with van der Waals surface area (Å²) in [6.07, 6.45) is 6.41. The summed E-state index contributed by atoms with van der Waals surface area (Å²) in [5.74, 6) is 0. The summed E-state index contributed by atoms with van der Waals surface area (Å²) < 4.78 is 0. The molecule has 0 N–H and O–H groups in total. The second-order valence-electron chi connectivity index (χ2n) is 6.28. The van der Waals surface area contributed by atoms with Crippen LogP contribution in [0.15, 0.2) is 68.2 Å². The average Bonchev–Trinajstić information content (AvgIpc) is 2.98. The molecule has 3 aliphatic heterocycles. The molecule has 0 spiro atoms. The van der Waals surface area contributed by atoms with Gasteiger partial charge in [-0.25, -0.2) is 0 Å². The fraction of sp³-hybridized carbons (Fsp3) is 0.333. The Morgan fingerprint density at radius 3 is 0.920 bits per heavy atom. The molecule has 0 aliphatic carbocycles. The van der Waals surface area contributed by atoms with Crippen molar-refractivity contribution in [3.05, 3.63) is 68.2 Å². The number of hydrogen-bond donors (Lipinski definition) is 0. The second-order valence-corrected chi connectivity index (χ2v) is 8.55. The first-order valence-corrected chi connectivity index (χ1v) is 9.83. The molecule has 0 aromatic carbocycles. The van der Waals surface area contributed by atoms with Crippen LogP contribution >= 0.6 is 69.6 Å². The van der Waals surface area contributed by atoms with E-state index >= 15 is 0 Å². The van der Waals surface area contributed by atoms with Gasteiger partial charge in [0.2, 0.25) is 0 Å². The maximum absolute atomic E-state index is 6.75. The van der Waals surface area contributed by atoms with Gasteiger partial charge < -0.3 is 0 Å². The zero-order valence-electron chi connectivity index (χ0n) is 13.2. The van der Waals surface area contributed by atoms with E-state index in [0.29, 0.717) is 49.5 Å². The third-order valence-corrected chi connectivity index (χ3v) is 8.52. The lowest BCUT2D eigenvalue weighted by Gasteiger charge is -2.47. The SMILES string of the molecule is C=CCC12C(Cl)=C(Cl)C3(CC=C)C(Cl)=C(Cl)C(CC=C)(C(Cl)=C1Cl)N23. The molecule has 0 aromatic heterocycles. The summed E-state index contributed by atoms with van der Waals surface area (Å²) in [4.78, 5) is 2.04. The lowest BCUT2D eigenvalue weighted by Crippen LogP contribution is -2.59. The first-order valence-electron chi connectivity index (χ1n) is 7.56. The van der Waals surface area contributed by atoms with Gasteiger partial charge in [0.15, 0.2) is 0 Å². The van der Waals surface area contributed by atoms with E-state index in [9.17, 15) is 0 Å². The normalized spacial score (nSPS) is 37.2. The highest BCUT2D eigenvalue weighted by molar-refractivity contribution is 6.50. The quantitative estimate of drug-likeness (QED) is 0.377. The number of hydrogen-bond acceptors (Lipinski definition) is 1. The van der Waals surface area contributed by atoms with Crippen LogP contribution in [-0.4, -0.2) is 21.5 Å². The van der Waals surface area contributed by atoms with Crippen molar-refractivity contribution in [3.63, 3.8) is 0 Å². The van der Waals surface area contributed by atoms with Gasteiger partial charge in [-0.3, -0.25) is 4.90 Å². The topological polar surface area (TPSA) is 3.24 Å². The molecule has 0 saturated heterocycles. The molecule has 0 radical (unpaired) electrons. The summed E-state index contributed by atoms with van der Waals surface area (Å²) in [6.45, 7) is 11.5. The van der Waals surface area contributed by atoms with Crippen LogP contribution in [0.25, 0.3) is 0 Å². The Bertz CT molecular complexity index is 647. The third kappa shape index (κ3) is 1.94. The Morgan fingerprint density at radius 2 is 0.760 bits per heavy atom. The standard InChI is InChI=1S/C18H15Cl6N/c1-4-7-16-10(19)12(21)17(8-5-2)14(23)15(24)18(9-6-3,25(16)17)13(22)11(16)20/h4-6H,1-3,7-9H2. The van der Waals surface area contributed by atoms with E-state index in [4.69, 9.17) is 69.6 Å². The highest BCUT2D eigenvalue weighted by atomic mass is 35.5. The minimum atomic E-state index is -0.957. The van der Waals surface area contributed by atoms with Gasteiger partial charge in [-0.1, -0.05) is 87.8 Å². The van der Waals surface area contributed by atoms with Crippen LogP contribution in [0.5, 0.6) is 0 Å². The van der Waals surface area contributed by atoms with Crippen LogP contribution in [-0.2, 0) is 0 Å². The predicted molar refractivity (Wildman–Crippen MR) is 111 cm³/mol. The van der Waals surface area contributed by atoms with Crippen molar-refractivity contribution in [1.29, 1.82) is 0 Å². The molecule has 0 aromatic rings. The van der Waals surface area contributed by atoms with E-state index in [0.717, 1.165) is 0 Å². The molecular formula is C18H15Cl6N. The van der Waals surface area contributed by atoms with Gasteiger partial charge in [-0.2, -0.15) is 0 Å². The second kappa shape index (κ2) is 6.34. The Kier molecular flexibility index (Phi) is 5.05. The fourth-order valence-corrected chi connectivity index (χ4v) is 7.00. The molecule has 0 unspecified atom stereocenters. The van der Waals surface area contributed by atoms with E-state index < -0.39 is 16.6 Å². The van der Waals surface area contributed by atoms with E-state index in [1.165, 1.54) is 0 Å². The van der Waals surface area contributed by atoms with E-state index in [1.54, 1.807) is 18.2 Å². The van der Waals surface area contributed by atoms with Crippen LogP contribution in [0.1, 0.15) is 19.3 Å². The lowest BCUT2D eigenvalue weighted by atomic mass is 9.92. The Hall–Kier alpha value is 0.140. The van der Waals surface area contributed by atoms with Crippen LogP contribution in [0.3, 0.4) is 0 Å². The summed E-state index contributed by atoms with van der Waals surface area (Å²) in [7, 11) is 0. The van der Waals surface area contributed by atoms with Crippen molar-refractivity contribution in [1.82, 2.24) is 4.90 Å². The molecule has 134 valence electrons. The maximum atomic E-state index is 6.75. The van der Waals surface area contributed by atoms with Crippen molar-refractivity contribution in [2.75, 3.05) is 0 Å². The highest BCUT2D eigenvalue weighted by Gasteiger charge is 2.76. The monoisotopic (exact) mass is 455 g/mol. The van der Waals surface area contributed by atoms with E-state index in [1.807, 2.05) is 4.90 Å². The Balaban J connectivity index is 2.49. The van der Waals surface area contributed by atoms with Gasteiger partial charge in [0, 0.05) is 0 Å². The minimum absolute atomic E-state index is 0.382. The van der Waals surface area contributed by atoms with Gasteiger partial charge in [0.1, 0.15) is 16.6 Å². The summed E-state index contributed by atoms with van der Waals surface area (Å²) in [6, 6.07) is 0. The van der Waals surface area contributed by atoms with Gasteiger partial charge >= 0.3 is 0 Å². The fourth-order valence-electron chi connectivity index (χ4n) is 4.38. The van der Waals surface area contributed by atoms with Crippen molar-refractivity contribution < 1.29 is 0 Å². The third-order valence-electron chi connectivity index (χ3n) is 5.22. The molecule has 3 aliphatic rings. The van der Waals surface area contributed by atoms with Gasteiger partial charge in [-0.15, -0.1) is 19.7 Å². The van der Waals surface area contributed by atoms with E-state index in [2.05, 4.69) is 19.7 Å². The largest absolute Gasteiger partial charge is 0.256 e. The smallest absolute Gasteiger partial charge is 0.101 e. The van der Waals surface area contributed by atoms with Crippen LogP contribution in [0.2, 0.25) is 0 Å². The summed E-state index contributed by atoms with van der Waals surface area (Å²) >= 11 is 40.5. The number of rotatable bonds is 6. The zero-order chi connectivity index (χ0) is 18.8. The molecule has 3 rings (SSSR count). The number of nitrogens with zero attached hydrogens (tertiary/aromatic N) is 1. The molecule has 7 heteroatoms. The van der Waals surface area contributed by atoms with Crippen molar-refractivity contribution in [2.45, 2.75) is 35.9 Å². The Morgan fingerprint density at radius 1 is 0.560 bits per heavy atom.